The highest BCUT2D eigenvalue weighted by Gasteiger charge is 2.22. The fourth-order valence-corrected chi connectivity index (χ4v) is 2.10. The molecule has 0 fully saturated rings. The minimum Gasteiger partial charge on any atom is -0.496 e. The minimum atomic E-state index is -0.711. The molecule has 1 atom stereocenters. The molecule has 1 amide bonds. The summed E-state index contributed by atoms with van der Waals surface area (Å²) in [4.78, 5) is 11.0. The zero-order valence-corrected chi connectivity index (χ0v) is 12.6. The van der Waals surface area contributed by atoms with Crippen LogP contribution in [-0.4, -0.2) is 30.2 Å². The molecular formula is C15H24N2O3. The van der Waals surface area contributed by atoms with E-state index in [9.17, 15) is 9.90 Å². The summed E-state index contributed by atoms with van der Waals surface area (Å²) in [5.41, 5.74) is 6.53. The van der Waals surface area contributed by atoms with Gasteiger partial charge in [-0.05, 0) is 32.9 Å². The largest absolute Gasteiger partial charge is 0.496 e. The van der Waals surface area contributed by atoms with Gasteiger partial charge in [0.2, 0.25) is 5.91 Å². The molecule has 0 saturated heterocycles. The van der Waals surface area contributed by atoms with Crippen LogP contribution in [0, 0.1) is 6.92 Å². The highest BCUT2D eigenvalue weighted by Crippen LogP contribution is 2.26. The number of ether oxygens (including phenoxy) is 1. The van der Waals surface area contributed by atoms with Crippen LogP contribution in [0.1, 0.15) is 37.5 Å². The van der Waals surface area contributed by atoms with Gasteiger partial charge in [0.15, 0.2) is 0 Å². The van der Waals surface area contributed by atoms with Gasteiger partial charge in [-0.1, -0.05) is 11.6 Å². The van der Waals surface area contributed by atoms with Gasteiger partial charge in [0.1, 0.15) is 5.75 Å². The van der Waals surface area contributed by atoms with E-state index < -0.39 is 11.6 Å². The number of hydrogen-bond acceptors (Lipinski definition) is 4. The van der Waals surface area contributed by atoms with E-state index in [0.29, 0.717) is 12.3 Å². The van der Waals surface area contributed by atoms with E-state index in [1.54, 1.807) is 7.11 Å². The molecule has 0 aliphatic rings. The third kappa shape index (κ3) is 4.83. The first-order valence-corrected chi connectivity index (χ1v) is 6.61. The Bertz CT molecular complexity index is 472. The lowest BCUT2D eigenvalue weighted by molar-refractivity contribution is -0.119. The number of nitrogens with two attached hydrogens (primary N) is 1. The first-order valence-electron chi connectivity index (χ1n) is 6.61. The topological polar surface area (TPSA) is 84.6 Å². The van der Waals surface area contributed by atoms with Crippen molar-refractivity contribution in [3.8, 4) is 5.75 Å². The minimum absolute atomic E-state index is 0.213. The smallest absolute Gasteiger partial charge is 0.219 e. The number of primary amides is 1. The normalized spacial score (nSPS) is 13.1. The maximum Gasteiger partial charge on any atom is 0.219 e. The first kappa shape index (κ1) is 16.5. The molecule has 5 heteroatoms. The standard InChI is InChI=1S/C15H24N2O3/c1-10-5-6-13(20-4)11(7-10)12(18)9-17-15(2,3)8-14(16)19/h5-7,12,17-18H,8-9H2,1-4H3,(H2,16,19). The number of carbonyl (C=O) groups excluding carboxylic acids is 1. The molecule has 5 nitrogen and oxygen atoms in total. The predicted octanol–water partition coefficient (Wildman–Crippen LogP) is 1.28. The molecule has 0 spiro atoms. The molecule has 1 aromatic rings. The van der Waals surface area contributed by atoms with E-state index in [-0.39, 0.29) is 12.3 Å². The number of hydrogen-bond donors (Lipinski definition) is 3. The van der Waals surface area contributed by atoms with E-state index in [4.69, 9.17) is 10.5 Å². The lowest BCUT2D eigenvalue weighted by Crippen LogP contribution is -2.44. The van der Waals surface area contributed by atoms with Crippen molar-refractivity contribution in [1.82, 2.24) is 5.32 Å². The number of amides is 1. The summed E-state index contributed by atoms with van der Waals surface area (Å²) in [7, 11) is 1.57. The molecule has 1 unspecified atom stereocenters. The highest BCUT2D eigenvalue weighted by atomic mass is 16.5. The Balaban J connectivity index is 2.74. The Hall–Kier alpha value is -1.59. The lowest BCUT2D eigenvalue weighted by atomic mass is 9.99. The Morgan fingerprint density at radius 2 is 2.15 bits per heavy atom. The van der Waals surface area contributed by atoms with Crippen LogP contribution in [0.3, 0.4) is 0 Å². The Labute approximate surface area is 120 Å². The van der Waals surface area contributed by atoms with Crippen molar-refractivity contribution in [2.24, 2.45) is 5.73 Å². The van der Waals surface area contributed by atoms with Gasteiger partial charge < -0.3 is 20.9 Å². The average Bonchev–Trinajstić information content (AvgIpc) is 2.34. The summed E-state index contributed by atoms with van der Waals surface area (Å²) in [6.45, 7) is 6.02. The number of rotatable bonds is 7. The van der Waals surface area contributed by atoms with Crippen LogP contribution in [0.25, 0.3) is 0 Å². The second-order valence-electron chi connectivity index (χ2n) is 5.67. The average molecular weight is 280 g/mol. The van der Waals surface area contributed by atoms with Crippen LogP contribution in [0.5, 0.6) is 5.75 Å². The van der Waals surface area contributed by atoms with Crippen LogP contribution in [-0.2, 0) is 4.79 Å². The molecule has 0 aliphatic carbocycles. The van der Waals surface area contributed by atoms with E-state index in [1.165, 1.54) is 0 Å². The zero-order chi connectivity index (χ0) is 15.3. The van der Waals surface area contributed by atoms with Gasteiger partial charge >= 0.3 is 0 Å². The molecular weight excluding hydrogens is 256 g/mol. The lowest BCUT2D eigenvalue weighted by Gasteiger charge is -2.27. The van der Waals surface area contributed by atoms with E-state index in [0.717, 1.165) is 11.1 Å². The molecule has 112 valence electrons. The summed E-state index contributed by atoms with van der Waals surface area (Å²) in [5.74, 6) is 0.280. The maximum absolute atomic E-state index is 11.0. The summed E-state index contributed by atoms with van der Waals surface area (Å²) < 4.78 is 5.26. The third-order valence-electron chi connectivity index (χ3n) is 3.13. The molecule has 0 aliphatic heterocycles. The zero-order valence-electron chi connectivity index (χ0n) is 12.6. The van der Waals surface area contributed by atoms with Crippen molar-refractivity contribution >= 4 is 5.91 Å². The Kier molecular flexibility index (Phi) is 5.53. The van der Waals surface area contributed by atoms with Crippen molar-refractivity contribution in [3.05, 3.63) is 29.3 Å². The number of carbonyl (C=O) groups is 1. The molecule has 1 aromatic carbocycles. The van der Waals surface area contributed by atoms with Crippen LogP contribution in [0.4, 0.5) is 0 Å². The van der Waals surface area contributed by atoms with Crippen LogP contribution in [0.2, 0.25) is 0 Å². The second kappa shape index (κ2) is 6.72. The SMILES string of the molecule is COc1ccc(C)cc1C(O)CNC(C)(C)CC(N)=O. The number of aryl methyl sites for hydroxylation is 1. The molecule has 0 saturated carbocycles. The number of methoxy groups -OCH3 is 1. The van der Waals surface area contributed by atoms with Crippen LogP contribution >= 0.6 is 0 Å². The maximum atomic E-state index is 11.0. The number of β-amino-alcohol motifs (C(OH)–C–C–N with tert-alkyl or cyclic N) is 1. The molecule has 0 bridgehead atoms. The van der Waals surface area contributed by atoms with Crippen molar-refractivity contribution in [2.75, 3.05) is 13.7 Å². The summed E-state index contributed by atoms with van der Waals surface area (Å²) in [6.07, 6.45) is -0.498. The number of aliphatic hydroxyl groups excluding tert-OH is 1. The third-order valence-corrected chi connectivity index (χ3v) is 3.13. The van der Waals surface area contributed by atoms with Gasteiger partial charge in [-0.25, -0.2) is 0 Å². The van der Waals surface area contributed by atoms with Gasteiger partial charge in [-0.2, -0.15) is 0 Å². The van der Waals surface area contributed by atoms with Crippen molar-refractivity contribution < 1.29 is 14.6 Å². The van der Waals surface area contributed by atoms with Crippen molar-refractivity contribution in [1.29, 1.82) is 0 Å². The molecule has 4 N–H and O–H groups in total. The monoisotopic (exact) mass is 280 g/mol. The quantitative estimate of drug-likeness (QED) is 0.702. The van der Waals surface area contributed by atoms with Crippen LogP contribution < -0.4 is 15.8 Å². The Morgan fingerprint density at radius 3 is 2.70 bits per heavy atom. The van der Waals surface area contributed by atoms with E-state index in [2.05, 4.69) is 5.32 Å². The van der Waals surface area contributed by atoms with Gasteiger partial charge in [0.05, 0.1) is 13.2 Å². The van der Waals surface area contributed by atoms with Crippen molar-refractivity contribution in [3.63, 3.8) is 0 Å². The van der Waals surface area contributed by atoms with Gasteiger partial charge in [0, 0.05) is 24.1 Å². The molecule has 20 heavy (non-hydrogen) atoms. The van der Waals surface area contributed by atoms with Gasteiger partial charge in [-0.3, -0.25) is 4.79 Å². The van der Waals surface area contributed by atoms with Crippen molar-refractivity contribution in [2.45, 2.75) is 38.8 Å². The Morgan fingerprint density at radius 1 is 1.50 bits per heavy atom. The van der Waals surface area contributed by atoms with E-state index >= 15 is 0 Å². The predicted molar refractivity (Wildman–Crippen MR) is 78.6 cm³/mol. The van der Waals surface area contributed by atoms with Crippen LogP contribution in [0.15, 0.2) is 18.2 Å². The molecule has 0 radical (unpaired) electrons. The van der Waals surface area contributed by atoms with Gasteiger partial charge in [0.25, 0.3) is 0 Å². The van der Waals surface area contributed by atoms with Gasteiger partial charge in [-0.15, -0.1) is 0 Å². The fraction of sp³-hybridized carbons (Fsp3) is 0.533. The summed E-state index contributed by atoms with van der Waals surface area (Å²) in [5, 5.41) is 13.4. The van der Waals surface area contributed by atoms with E-state index in [1.807, 2.05) is 39.0 Å². The second-order valence-corrected chi connectivity index (χ2v) is 5.67. The molecule has 0 heterocycles. The number of benzene rings is 1. The fourth-order valence-electron chi connectivity index (χ4n) is 2.10. The number of nitrogens with one attached hydrogen (secondary N) is 1. The summed E-state index contributed by atoms with van der Waals surface area (Å²) >= 11 is 0. The number of aliphatic hydroxyl groups is 1. The molecule has 0 aromatic heterocycles. The first-order chi connectivity index (χ1) is 9.25. The molecule has 1 rings (SSSR count). The summed E-state index contributed by atoms with van der Waals surface area (Å²) in [6, 6.07) is 5.66. The highest BCUT2D eigenvalue weighted by molar-refractivity contribution is 5.75.